The second-order valence-electron chi connectivity index (χ2n) is 6.12. The van der Waals surface area contributed by atoms with Crippen LogP contribution >= 0.6 is 0 Å². The molecule has 0 aromatic carbocycles. The topological polar surface area (TPSA) is 15.3 Å². The van der Waals surface area contributed by atoms with Crippen LogP contribution in [0.2, 0.25) is 0 Å². The molecule has 2 atom stereocenters. The van der Waals surface area contributed by atoms with Crippen LogP contribution in [0.3, 0.4) is 0 Å². The third kappa shape index (κ3) is 5.87. The van der Waals surface area contributed by atoms with E-state index < -0.39 is 0 Å². The second kappa shape index (κ2) is 8.10. The molecule has 1 saturated heterocycles. The van der Waals surface area contributed by atoms with E-state index >= 15 is 0 Å². The largest absolute Gasteiger partial charge is 0.314 e. The lowest BCUT2D eigenvalue weighted by atomic mass is 9.93. The van der Waals surface area contributed by atoms with Crippen LogP contribution < -0.4 is 5.32 Å². The van der Waals surface area contributed by atoms with E-state index in [4.69, 9.17) is 0 Å². The van der Waals surface area contributed by atoms with Crippen molar-refractivity contribution < 1.29 is 0 Å². The van der Waals surface area contributed by atoms with Crippen LogP contribution in [-0.2, 0) is 0 Å². The van der Waals surface area contributed by atoms with Gasteiger partial charge in [-0.05, 0) is 44.3 Å². The number of rotatable bonds is 7. The van der Waals surface area contributed by atoms with Crippen molar-refractivity contribution in [2.24, 2.45) is 11.8 Å². The molecule has 1 heterocycles. The molecular formula is C15H32N2. The van der Waals surface area contributed by atoms with Crippen molar-refractivity contribution in [3.63, 3.8) is 0 Å². The van der Waals surface area contributed by atoms with Crippen LogP contribution in [0.15, 0.2) is 0 Å². The Morgan fingerprint density at radius 2 is 2.06 bits per heavy atom. The molecule has 0 aliphatic carbocycles. The van der Waals surface area contributed by atoms with Crippen molar-refractivity contribution in [1.82, 2.24) is 10.2 Å². The first-order chi connectivity index (χ1) is 8.13. The molecule has 17 heavy (non-hydrogen) atoms. The first-order valence-corrected chi connectivity index (χ1v) is 7.59. The maximum atomic E-state index is 3.61. The molecule has 0 spiro atoms. The molecule has 0 aromatic rings. The summed E-state index contributed by atoms with van der Waals surface area (Å²) in [6, 6.07) is 0.756. The summed E-state index contributed by atoms with van der Waals surface area (Å²) in [5.41, 5.74) is 0. The molecule has 1 aliphatic rings. The molecule has 1 aliphatic heterocycles. The molecule has 1 N–H and O–H groups in total. The average Bonchev–Trinajstić information content (AvgIpc) is 2.28. The van der Waals surface area contributed by atoms with E-state index in [-0.39, 0.29) is 0 Å². The van der Waals surface area contributed by atoms with Gasteiger partial charge < -0.3 is 10.2 Å². The van der Waals surface area contributed by atoms with Gasteiger partial charge in [0.2, 0.25) is 0 Å². The van der Waals surface area contributed by atoms with Crippen molar-refractivity contribution in [3.05, 3.63) is 0 Å². The number of nitrogens with one attached hydrogen (secondary N) is 1. The lowest BCUT2D eigenvalue weighted by Crippen LogP contribution is -2.48. The van der Waals surface area contributed by atoms with E-state index in [1.54, 1.807) is 0 Å². The van der Waals surface area contributed by atoms with Gasteiger partial charge in [0.1, 0.15) is 0 Å². The minimum Gasteiger partial charge on any atom is -0.314 e. The number of unbranched alkanes of at least 4 members (excludes halogenated alkanes) is 1. The monoisotopic (exact) mass is 240 g/mol. The van der Waals surface area contributed by atoms with Crippen molar-refractivity contribution in [3.8, 4) is 0 Å². The fraction of sp³-hybridized carbons (Fsp3) is 1.00. The van der Waals surface area contributed by atoms with Crippen LogP contribution in [0.5, 0.6) is 0 Å². The molecule has 1 rings (SSSR count). The van der Waals surface area contributed by atoms with E-state index in [0.717, 1.165) is 24.4 Å². The molecule has 2 heteroatoms. The lowest BCUT2D eigenvalue weighted by molar-refractivity contribution is 0.146. The zero-order valence-corrected chi connectivity index (χ0v) is 12.3. The molecule has 0 saturated carbocycles. The maximum Gasteiger partial charge on any atom is 0.0117 e. The SMILES string of the molecule is CCNC1CCN(CCCCC(C)C)CC1C. The highest BCUT2D eigenvalue weighted by Crippen LogP contribution is 2.17. The Labute approximate surface area is 108 Å². The highest BCUT2D eigenvalue weighted by Gasteiger charge is 2.24. The van der Waals surface area contributed by atoms with Crippen LogP contribution in [0, 0.1) is 11.8 Å². The summed E-state index contributed by atoms with van der Waals surface area (Å²) in [5, 5.41) is 3.61. The zero-order valence-electron chi connectivity index (χ0n) is 12.3. The van der Waals surface area contributed by atoms with Crippen molar-refractivity contribution in [2.75, 3.05) is 26.2 Å². The smallest absolute Gasteiger partial charge is 0.0117 e. The van der Waals surface area contributed by atoms with Gasteiger partial charge in [-0.2, -0.15) is 0 Å². The second-order valence-corrected chi connectivity index (χ2v) is 6.12. The zero-order chi connectivity index (χ0) is 12.7. The minimum absolute atomic E-state index is 0.756. The molecule has 0 amide bonds. The van der Waals surface area contributed by atoms with Crippen LogP contribution in [0.4, 0.5) is 0 Å². The summed E-state index contributed by atoms with van der Waals surface area (Å²) in [5.74, 6) is 1.68. The number of nitrogens with zero attached hydrogens (tertiary/aromatic N) is 1. The van der Waals surface area contributed by atoms with Gasteiger partial charge in [-0.15, -0.1) is 0 Å². The summed E-state index contributed by atoms with van der Waals surface area (Å²) >= 11 is 0. The van der Waals surface area contributed by atoms with Crippen LogP contribution in [-0.4, -0.2) is 37.1 Å². The van der Waals surface area contributed by atoms with Gasteiger partial charge in [0.25, 0.3) is 0 Å². The third-order valence-corrected chi connectivity index (χ3v) is 3.96. The lowest BCUT2D eigenvalue weighted by Gasteiger charge is -2.37. The van der Waals surface area contributed by atoms with Gasteiger partial charge >= 0.3 is 0 Å². The first kappa shape index (κ1) is 15.0. The predicted octanol–water partition coefficient (Wildman–Crippen LogP) is 3.13. The fourth-order valence-electron chi connectivity index (χ4n) is 2.89. The minimum atomic E-state index is 0.756. The quantitative estimate of drug-likeness (QED) is 0.688. The highest BCUT2D eigenvalue weighted by atomic mass is 15.1. The predicted molar refractivity (Wildman–Crippen MR) is 76.4 cm³/mol. The Kier molecular flexibility index (Phi) is 7.14. The van der Waals surface area contributed by atoms with Crippen molar-refractivity contribution >= 4 is 0 Å². The molecule has 0 aromatic heterocycles. The standard InChI is InChI=1S/C15H32N2/c1-5-16-15-9-11-17(12-14(15)4)10-7-6-8-13(2)3/h13-16H,5-12H2,1-4H3. The van der Waals surface area contributed by atoms with E-state index in [1.807, 2.05) is 0 Å². The van der Waals surface area contributed by atoms with E-state index in [1.165, 1.54) is 45.3 Å². The Balaban J connectivity index is 2.12. The van der Waals surface area contributed by atoms with E-state index in [0.29, 0.717) is 0 Å². The summed E-state index contributed by atoms with van der Waals surface area (Å²) in [6.45, 7) is 14.3. The number of hydrogen-bond donors (Lipinski definition) is 1. The first-order valence-electron chi connectivity index (χ1n) is 7.59. The Bertz CT molecular complexity index is 191. The van der Waals surface area contributed by atoms with Gasteiger partial charge in [0.15, 0.2) is 0 Å². The Morgan fingerprint density at radius 3 is 2.65 bits per heavy atom. The summed E-state index contributed by atoms with van der Waals surface area (Å²) < 4.78 is 0. The molecule has 102 valence electrons. The molecule has 2 nitrogen and oxygen atoms in total. The number of likely N-dealkylation sites (tertiary alicyclic amines) is 1. The van der Waals surface area contributed by atoms with Crippen molar-refractivity contribution in [2.45, 2.75) is 59.4 Å². The molecule has 1 fully saturated rings. The molecule has 0 radical (unpaired) electrons. The van der Waals surface area contributed by atoms with Crippen LogP contribution in [0.1, 0.15) is 53.4 Å². The third-order valence-electron chi connectivity index (χ3n) is 3.96. The van der Waals surface area contributed by atoms with Crippen LogP contribution in [0.25, 0.3) is 0 Å². The fourth-order valence-corrected chi connectivity index (χ4v) is 2.89. The Hall–Kier alpha value is -0.0800. The van der Waals surface area contributed by atoms with Gasteiger partial charge in [-0.3, -0.25) is 0 Å². The Morgan fingerprint density at radius 1 is 1.29 bits per heavy atom. The normalized spacial score (nSPS) is 26.6. The molecule has 0 bridgehead atoms. The van der Waals surface area contributed by atoms with E-state index in [2.05, 4.69) is 37.9 Å². The molecule has 2 unspecified atom stereocenters. The summed E-state index contributed by atoms with van der Waals surface area (Å²) in [7, 11) is 0. The maximum absolute atomic E-state index is 3.61. The summed E-state index contributed by atoms with van der Waals surface area (Å²) in [4.78, 5) is 2.67. The molecular weight excluding hydrogens is 208 g/mol. The van der Waals surface area contributed by atoms with Crippen molar-refractivity contribution in [1.29, 1.82) is 0 Å². The van der Waals surface area contributed by atoms with Gasteiger partial charge in [0, 0.05) is 12.6 Å². The number of piperidine rings is 1. The van der Waals surface area contributed by atoms with Gasteiger partial charge in [-0.25, -0.2) is 0 Å². The van der Waals surface area contributed by atoms with Gasteiger partial charge in [0.05, 0.1) is 0 Å². The van der Waals surface area contributed by atoms with E-state index in [9.17, 15) is 0 Å². The number of hydrogen-bond acceptors (Lipinski definition) is 2. The van der Waals surface area contributed by atoms with Gasteiger partial charge in [-0.1, -0.05) is 40.5 Å². The average molecular weight is 240 g/mol. The highest BCUT2D eigenvalue weighted by molar-refractivity contribution is 4.82. The summed E-state index contributed by atoms with van der Waals surface area (Å²) in [6.07, 6.45) is 5.51.